The summed E-state index contributed by atoms with van der Waals surface area (Å²) in [6, 6.07) is 16.8. The number of nitrogens with one attached hydrogen (secondary N) is 1. The third kappa shape index (κ3) is 3.24. The summed E-state index contributed by atoms with van der Waals surface area (Å²) in [4.78, 5) is 18.2. The first-order valence-corrected chi connectivity index (χ1v) is 9.09. The van der Waals surface area contributed by atoms with Gasteiger partial charge in [0.1, 0.15) is 0 Å². The molecular formula is C20H19BrN2O. The minimum Gasteiger partial charge on any atom is -0.361 e. The lowest BCUT2D eigenvalue weighted by atomic mass is 10.1. The van der Waals surface area contributed by atoms with Gasteiger partial charge in [-0.2, -0.15) is 0 Å². The van der Waals surface area contributed by atoms with Gasteiger partial charge >= 0.3 is 0 Å². The predicted molar refractivity (Wildman–Crippen MR) is 99.7 cm³/mol. The third-order valence-corrected chi connectivity index (χ3v) is 5.06. The Bertz CT molecular complexity index is 882. The number of hydrogen-bond donors (Lipinski definition) is 1. The molecule has 0 bridgehead atoms. The highest BCUT2D eigenvalue weighted by molar-refractivity contribution is 9.10. The van der Waals surface area contributed by atoms with Crippen molar-refractivity contribution in [2.45, 2.75) is 31.8 Å². The van der Waals surface area contributed by atoms with Crippen molar-refractivity contribution in [1.29, 1.82) is 0 Å². The molecule has 4 heteroatoms. The summed E-state index contributed by atoms with van der Waals surface area (Å²) in [5, 5.41) is 1.14. The number of carbonyl (C=O) groups is 1. The number of hydrogen-bond acceptors (Lipinski definition) is 1. The second kappa shape index (κ2) is 6.44. The van der Waals surface area contributed by atoms with E-state index in [2.05, 4.69) is 39.1 Å². The van der Waals surface area contributed by atoms with Gasteiger partial charge < -0.3 is 9.88 Å². The molecule has 0 unspecified atom stereocenters. The molecule has 0 radical (unpaired) electrons. The number of H-pyrrole nitrogens is 1. The Labute approximate surface area is 149 Å². The average Bonchev–Trinajstić information content (AvgIpc) is 3.35. The van der Waals surface area contributed by atoms with Crippen molar-refractivity contribution < 1.29 is 4.79 Å². The summed E-state index contributed by atoms with van der Waals surface area (Å²) in [5.74, 6) is 0.210. The monoisotopic (exact) mass is 382 g/mol. The van der Waals surface area contributed by atoms with Crippen molar-refractivity contribution in [2.24, 2.45) is 0 Å². The fourth-order valence-corrected chi connectivity index (χ4v) is 3.63. The number of halogens is 1. The lowest BCUT2D eigenvalue weighted by Gasteiger charge is -2.22. The van der Waals surface area contributed by atoms with Crippen LogP contribution in [0.2, 0.25) is 0 Å². The molecule has 1 aliphatic rings. The highest BCUT2D eigenvalue weighted by atomic mass is 79.9. The first kappa shape index (κ1) is 15.5. The van der Waals surface area contributed by atoms with Crippen LogP contribution in [-0.4, -0.2) is 21.8 Å². The molecule has 0 saturated heterocycles. The summed E-state index contributed by atoms with van der Waals surface area (Å²) in [5.41, 5.74) is 3.34. The number of benzene rings is 2. The van der Waals surface area contributed by atoms with Crippen LogP contribution in [-0.2, 0) is 17.8 Å². The third-order valence-electron chi connectivity index (χ3n) is 4.57. The smallest absolute Gasteiger partial charge is 0.227 e. The molecule has 24 heavy (non-hydrogen) atoms. The Hall–Kier alpha value is -2.07. The van der Waals surface area contributed by atoms with E-state index in [9.17, 15) is 4.79 Å². The van der Waals surface area contributed by atoms with Crippen LogP contribution in [0.5, 0.6) is 0 Å². The van der Waals surface area contributed by atoms with Crippen molar-refractivity contribution in [3.05, 3.63) is 70.3 Å². The molecular weight excluding hydrogens is 364 g/mol. The van der Waals surface area contributed by atoms with Crippen LogP contribution >= 0.6 is 15.9 Å². The zero-order chi connectivity index (χ0) is 16.5. The normalized spacial score (nSPS) is 14.0. The predicted octanol–water partition coefficient (Wildman–Crippen LogP) is 4.66. The molecule has 1 amide bonds. The van der Waals surface area contributed by atoms with Crippen LogP contribution in [0.3, 0.4) is 0 Å². The van der Waals surface area contributed by atoms with E-state index in [0.717, 1.165) is 33.8 Å². The van der Waals surface area contributed by atoms with E-state index >= 15 is 0 Å². The van der Waals surface area contributed by atoms with Gasteiger partial charge in [-0.05, 0) is 42.2 Å². The second-order valence-corrected chi connectivity index (χ2v) is 7.33. The molecule has 0 aliphatic heterocycles. The van der Waals surface area contributed by atoms with Crippen molar-refractivity contribution in [3.8, 4) is 0 Å². The SMILES string of the molecule is O=C(Cc1c[nH]c2ccccc12)N(Cc1cccc(Br)c1)C1CC1. The molecule has 1 fully saturated rings. The maximum absolute atomic E-state index is 12.9. The number of carbonyl (C=O) groups excluding carboxylic acids is 1. The number of rotatable bonds is 5. The molecule has 4 rings (SSSR count). The van der Waals surface area contributed by atoms with Gasteiger partial charge in [-0.15, -0.1) is 0 Å². The molecule has 2 aromatic carbocycles. The maximum Gasteiger partial charge on any atom is 0.227 e. The molecule has 3 aromatic rings. The standard InChI is InChI=1S/C20H19BrN2O/c21-16-5-3-4-14(10-16)13-23(17-8-9-17)20(24)11-15-12-22-19-7-2-1-6-18(15)19/h1-7,10,12,17,22H,8-9,11,13H2. The number of nitrogens with zero attached hydrogens (tertiary/aromatic N) is 1. The van der Waals surface area contributed by atoms with Gasteiger partial charge in [0.25, 0.3) is 0 Å². The van der Waals surface area contributed by atoms with Crippen molar-refractivity contribution in [1.82, 2.24) is 9.88 Å². The van der Waals surface area contributed by atoms with Crippen LogP contribution in [0, 0.1) is 0 Å². The number of para-hydroxylation sites is 1. The summed E-state index contributed by atoms with van der Waals surface area (Å²) < 4.78 is 1.06. The highest BCUT2D eigenvalue weighted by Gasteiger charge is 2.32. The van der Waals surface area contributed by atoms with E-state index in [-0.39, 0.29) is 5.91 Å². The zero-order valence-corrected chi connectivity index (χ0v) is 14.9. The fraction of sp³-hybridized carbons (Fsp3) is 0.250. The van der Waals surface area contributed by atoms with Crippen molar-refractivity contribution >= 4 is 32.7 Å². The van der Waals surface area contributed by atoms with Gasteiger partial charge in [-0.1, -0.05) is 46.3 Å². The van der Waals surface area contributed by atoms with E-state index in [0.29, 0.717) is 19.0 Å². The number of amides is 1. The fourth-order valence-electron chi connectivity index (χ4n) is 3.18. The lowest BCUT2D eigenvalue weighted by Crippen LogP contribution is -2.33. The van der Waals surface area contributed by atoms with E-state index < -0.39 is 0 Å². The van der Waals surface area contributed by atoms with Crippen LogP contribution in [0.1, 0.15) is 24.0 Å². The van der Waals surface area contributed by atoms with Gasteiger partial charge in [0.15, 0.2) is 0 Å². The second-order valence-electron chi connectivity index (χ2n) is 6.42. The van der Waals surface area contributed by atoms with E-state index in [1.165, 1.54) is 5.56 Å². The summed E-state index contributed by atoms with van der Waals surface area (Å²) in [7, 11) is 0. The van der Waals surface area contributed by atoms with Gasteiger partial charge in [-0.25, -0.2) is 0 Å². The first-order chi connectivity index (χ1) is 11.7. The molecule has 1 saturated carbocycles. The molecule has 1 aromatic heterocycles. The van der Waals surface area contributed by atoms with E-state index in [4.69, 9.17) is 0 Å². The molecule has 3 nitrogen and oxygen atoms in total. The van der Waals surface area contributed by atoms with Gasteiger partial charge in [-0.3, -0.25) is 4.79 Å². The summed E-state index contributed by atoms with van der Waals surface area (Å²) in [6.45, 7) is 0.686. The van der Waals surface area contributed by atoms with Gasteiger partial charge in [0, 0.05) is 34.2 Å². The largest absolute Gasteiger partial charge is 0.361 e. The number of aromatic nitrogens is 1. The molecule has 0 atom stereocenters. The zero-order valence-electron chi connectivity index (χ0n) is 13.3. The maximum atomic E-state index is 12.9. The van der Waals surface area contributed by atoms with E-state index in [1.54, 1.807) is 0 Å². The van der Waals surface area contributed by atoms with Crippen LogP contribution in [0.25, 0.3) is 10.9 Å². The molecule has 1 heterocycles. The Morgan fingerprint density at radius 2 is 2.00 bits per heavy atom. The highest BCUT2D eigenvalue weighted by Crippen LogP contribution is 2.30. The summed E-state index contributed by atoms with van der Waals surface area (Å²) in [6.07, 6.45) is 4.66. The Kier molecular flexibility index (Phi) is 4.15. The minimum atomic E-state index is 0.210. The average molecular weight is 383 g/mol. The topological polar surface area (TPSA) is 36.1 Å². The number of aromatic amines is 1. The Balaban J connectivity index is 1.54. The Morgan fingerprint density at radius 3 is 2.79 bits per heavy atom. The van der Waals surface area contributed by atoms with Gasteiger partial charge in [0.2, 0.25) is 5.91 Å². The Morgan fingerprint density at radius 1 is 1.17 bits per heavy atom. The van der Waals surface area contributed by atoms with Crippen molar-refractivity contribution in [2.75, 3.05) is 0 Å². The van der Waals surface area contributed by atoms with Crippen LogP contribution in [0.4, 0.5) is 0 Å². The van der Waals surface area contributed by atoms with E-state index in [1.807, 2.05) is 41.4 Å². The molecule has 122 valence electrons. The molecule has 1 aliphatic carbocycles. The van der Waals surface area contributed by atoms with Crippen LogP contribution in [0.15, 0.2) is 59.2 Å². The molecule has 1 N–H and O–H groups in total. The molecule has 0 spiro atoms. The minimum absolute atomic E-state index is 0.210. The van der Waals surface area contributed by atoms with Crippen molar-refractivity contribution in [3.63, 3.8) is 0 Å². The quantitative estimate of drug-likeness (QED) is 0.683. The van der Waals surface area contributed by atoms with Gasteiger partial charge in [0.05, 0.1) is 6.42 Å². The first-order valence-electron chi connectivity index (χ1n) is 8.29. The lowest BCUT2D eigenvalue weighted by molar-refractivity contribution is -0.131. The number of fused-ring (bicyclic) bond motifs is 1. The summed E-state index contributed by atoms with van der Waals surface area (Å²) >= 11 is 3.51. The van der Waals surface area contributed by atoms with Crippen LogP contribution < -0.4 is 0 Å².